The van der Waals surface area contributed by atoms with Crippen molar-refractivity contribution in [2.24, 2.45) is 0 Å². The van der Waals surface area contributed by atoms with Gasteiger partial charge < -0.3 is 34.6 Å². The molecule has 30 heavy (non-hydrogen) atoms. The first-order valence-corrected chi connectivity index (χ1v) is 10.7. The first-order valence-electron chi connectivity index (χ1n) is 9.48. The van der Waals surface area contributed by atoms with Crippen molar-refractivity contribution >= 4 is 22.8 Å². The van der Waals surface area contributed by atoms with Gasteiger partial charge in [-0.15, -0.1) is 0 Å². The van der Waals surface area contributed by atoms with E-state index in [-0.39, 0.29) is 34.3 Å². The summed E-state index contributed by atoms with van der Waals surface area (Å²) in [5, 5.41) is 40.9. The summed E-state index contributed by atoms with van der Waals surface area (Å²) in [4.78, 5) is 23.7. The highest BCUT2D eigenvalue weighted by atomic mass is 32.2. The number of esters is 1. The first-order chi connectivity index (χ1) is 14.0. The van der Waals surface area contributed by atoms with Gasteiger partial charge in [-0.25, -0.2) is 0 Å². The number of rotatable bonds is 6. The molecule has 1 saturated heterocycles. The molecule has 1 heterocycles. The number of aromatic hydroxyl groups is 1. The van der Waals surface area contributed by atoms with Crippen molar-refractivity contribution < 1.29 is 44.2 Å². The molecular formula is C20H28O9S. The second-order valence-electron chi connectivity index (χ2n) is 7.06. The molecule has 0 aromatic heterocycles. The predicted octanol–water partition coefficient (Wildman–Crippen LogP) is 0.824. The van der Waals surface area contributed by atoms with Crippen LogP contribution in [0.4, 0.5) is 0 Å². The van der Waals surface area contributed by atoms with E-state index in [2.05, 4.69) is 0 Å². The van der Waals surface area contributed by atoms with Crippen molar-refractivity contribution in [3.05, 3.63) is 22.3 Å². The lowest BCUT2D eigenvalue weighted by Crippen LogP contribution is -2.60. The number of aliphatic hydroxyl groups excluding tert-OH is 3. The number of benzene rings is 1. The number of hydrogen-bond acceptors (Lipinski definition) is 10. The summed E-state index contributed by atoms with van der Waals surface area (Å²) >= 11 is 0.970. The van der Waals surface area contributed by atoms with Crippen molar-refractivity contribution in [2.45, 2.75) is 64.8 Å². The highest BCUT2D eigenvalue weighted by molar-refractivity contribution is 8.13. The SMILES string of the molecule is CCc1c(C)c(O)c(C)c(O[C@@H]2O[C@H](COC(C)=O)[C@@H](O)[C@H](O)[C@H]2O)c1C(=O)SC. The number of carbonyl (C=O) groups excluding carboxylic acids is 2. The van der Waals surface area contributed by atoms with Crippen LogP contribution in [0.3, 0.4) is 0 Å². The largest absolute Gasteiger partial charge is 0.507 e. The summed E-state index contributed by atoms with van der Waals surface area (Å²) in [5.74, 6) is -0.640. The molecule has 1 aliphatic rings. The number of phenolic OH excluding ortho intramolecular Hbond substituents is 1. The molecule has 10 heteroatoms. The maximum atomic E-state index is 12.7. The third-order valence-electron chi connectivity index (χ3n) is 5.13. The van der Waals surface area contributed by atoms with Gasteiger partial charge in [0.05, 0.1) is 5.56 Å². The molecule has 2 rings (SSSR count). The molecule has 0 bridgehead atoms. The van der Waals surface area contributed by atoms with E-state index in [1.54, 1.807) is 20.1 Å². The van der Waals surface area contributed by atoms with E-state index in [1.165, 1.54) is 6.92 Å². The molecule has 1 aliphatic heterocycles. The third kappa shape index (κ3) is 4.73. The van der Waals surface area contributed by atoms with Crippen LogP contribution in [-0.2, 0) is 20.7 Å². The van der Waals surface area contributed by atoms with Crippen LogP contribution in [-0.4, -0.2) is 75.1 Å². The summed E-state index contributed by atoms with van der Waals surface area (Å²) < 4.78 is 16.2. The monoisotopic (exact) mass is 444 g/mol. The van der Waals surface area contributed by atoms with E-state index >= 15 is 0 Å². The summed E-state index contributed by atoms with van der Waals surface area (Å²) in [6.45, 7) is 5.90. The van der Waals surface area contributed by atoms with E-state index in [0.717, 1.165) is 11.8 Å². The number of thioether (sulfide) groups is 1. The topological polar surface area (TPSA) is 143 Å². The van der Waals surface area contributed by atoms with Crippen LogP contribution < -0.4 is 4.74 Å². The lowest BCUT2D eigenvalue weighted by Gasteiger charge is -2.40. The van der Waals surface area contributed by atoms with Crippen LogP contribution in [0.15, 0.2) is 0 Å². The van der Waals surface area contributed by atoms with Gasteiger partial charge in [0.25, 0.3) is 0 Å². The second kappa shape index (κ2) is 9.97. The molecular weight excluding hydrogens is 416 g/mol. The molecule has 1 fully saturated rings. The zero-order valence-corrected chi connectivity index (χ0v) is 18.4. The van der Waals surface area contributed by atoms with Crippen LogP contribution in [0.5, 0.6) is 11.5 Å². The maximum absolute atomic E-state index is 12.7. The van der Waals surface area contributed by atoms with Gasteiger partial charge in [0, 0.05) is 12.5 Å². The molecule has 168 valence electrons. The maximum Gasteiger partial charge on any atom is 0.302 e. The first kappa shape index (κ1) is 24.4. The number of aliphatic hydroxyl groups is 3. The number of ether oxygens (including phenoxy) is 3. The van der Waals surface area contributed by atoms with Gasteiger partial charge in [0.1, 0.15) is 42.5 Å². The zero-order chi connectivity index (χ0) is 22.7. The minimum absolute atomic E-state index is 0.0215. The predicted molar refractivity (Wildman–Crippen MR) is 109 cm³/mol. The molecule has 0 spiro atoms. The van der Waals surface area contributed by atoms with E-state index in [4.69, 9.17) is 14.2 Å². The minimum Gasteiger partial charge on any atom is -0.507 e. The standard InChI is InChI=1S/C20H28O9S/c1-6-11-8(2)14(22)9(3)18(13(11)19(26)30-5)29-20-17(25)16(24)15(23)12(28-20)7-27-10(4)21/h12,15-17,20,22-25H,6-7H2,1-5H3/t12-,15-,16+,17-,20+/m1/s1. The van der Waals surface area contributed by atoms with Crippen LogP contribution in [0.2, 0.25) is 0 Å². The fraction of sp³-hybridized carbons (Fsp3) is 0.600. The molecule has 1 aromatic carbocycles. The fourth-order valence-corrected chi connectivity index (χ4v) is 3.84. The van der Waals surface area contributed by atoms with E-state index in [0.29, 0.717) is 17.5 Å². The average Bonchev–Trinajstić information content (AvgIpc) is 2.72. The lowest BCUT2D eigenvalue weighted by molar-refractivity contribution is -0.278. The Labute approximate surface area is 178 Å². The van der Waals surface area contributed by atoms with Crippen molar-refractivity contribution in [1.82, 2.24) is 0 Å². The van der Waals surface area contributed by atoms with E-state index in [9.17, 15) is 30.0 Å². The second-order valence-corrected chi connectivity index (χ2v) is 7.84. The smallest absolute Gasteiger partial charge is 0.302 e. The van der Waals surface area contributed by atoms with Crippen molar-refractivity contribution in [2.75, 3.05) is 12.9 Å². The van der Waals surface area contributed by atoms with Gasteiger partial charge in [-0.2, -0.15) is 0 Å². The number of hydrogen-bond donors (Lipinski definition) is 4. The zero-order valence-electron chi connectivity index (χ0n) is 17.5. The number of phenols is 1. The van der Waals surface area contributed by atoms with Crippen LogP contribution in [0.25, 0.3) is 0 Å². The van der Waals surface area contributed by atoms with Crippen molar-refractivity contribution in [3.63, 3.8) is 0 Å². The Kier molecular flexibility index (Phi) is 8.12. The van der Waals surface area contributed by atoms with E-state index in [1.807, 2.05) is 6.92 Å². The van der Waals surface area contributed by atoms with Gasteiger partial charge in [0.15, 0.2) is 0 Å². The summed E-state index contributed by atoms with van der Waals surface area (Å²) in [5.41, 5.74) is 1.66. The molecule has 5 atom stereocenters. The highest BCUT2D eigenvalue weighted by Crippen LogP contribution is 2.41. The molecule has 4 N–H and O–H groups in total. The molecule has 9 nitrogen and oxygen atoms in total. The Morgan fingerprint density at radius 3 is 2.27 bits per heavy atom. The minimum atomic E-state index is -1.65. The normalized spacial score (nSPS) is 26.3. The van der Waals surface area contributed by atoms with Gasteiger partial charge in [-0.3, -0.25) is 9.59 Å². The molecule has 0 saturated carbocycles. The summed E-state index contributed by atoms with van der Waals surface area (Å²) in [7, 11) is 0. The lowest BCUT2D eigenvalue weighted by atomic mass is 9.94. The van der Waals surface area contributed by atoms with Gasteiger partial charge >= 0.3 is 5.97 Å². The fourth-order valence-electron chi connectivity index (χ4n) is 3.42. The van der Waals surface area contributed by atoms with Crippen molar-refractivity contribution in [3.8, 4) is 11.5 Å². The Morgan fingerprint density at radius 2 is 1.73 bits per heavy atom. The van der Waals surface area contributed by atoms with Gasteiger partial charge in [0.2, 0.25) is 11.4 Å². The van der Waals surface area contributed by atoms with Crippen LogP contribution in [0.1, 0.15) is 40.9 Å². The van der Waals surface area contributed by atoms with Gasteiger partial charge in [-0.05, 0) is 37.7 Å². The van der Waals surface area contributed by atoms with Gasteiger partial charge in [-0.1, -0.05) is 18.7 Å². The molecule has 0 radical (unpaired) electrons. The van der Waals surface area contributed by atoms with Crippen LogP contribution in [0, 0.1) is 13.8 Å². The average molecular weight is 445 g/mol. The highest BCUT2D eigenvalue weighted by Gasteiger charge is 2.46. The quantitative estimate of drug-likeness (QED) is 0.466. The molecule has 0 unspecified atom stereocenters. The molecule has 1 aromatic rings. The number of carbonyl (C=O) groups is 2. The molecule has 0 aliphatic carbocycles. The van der Waals surface area contributed by atoms with Crippen molar-refractivity contribution in [1.29, 1.82) is 0 Å². The van der Waals surface area contributed by atoms with E-state index < -0.39 is 36.7 Å². The molecule has 0 amide bonds. The third-order valence-corrected chi connectivity index (χ3v) is 5.70. The summed E-state index contributed by atoms with van der Waals surface area (Å²) in [6.07, 6.45) is -5.41. The van der Waals surface area contributed by atoms with Crippen LogP contribution >= 0.6 is 11.8 Å². The Balaban J connectivity index is 2.47. The summed E-state index contributed by atoms with van der Waals surface area (Å²) in [6, 6.07) is 0. The Bertz CT molecular complexity index is 810. The Morgan fingerprint density at radius 1 is 1.10 bits per heavy atom. The Hall–Kier alpha value is -1.85.